The first-order chi connectivity index (χ1) is 15.1. The summed E-state index contributed by atoms with van der Waals surface area (Å²) in [6.45, 7) is 3.98. The zero-order valence-electron chi connectivity index (χ0n) is 17.5. The molecule has 4 rings (SSSR count). The summed E-state index contributed by atoms with van der Waals surface area (Å²) in [5.74, 6) is -0.869. The Kier molecular flexibility index (Phi) is 5.84. The molecule has 2 N–H and O–H groups in total. The number of aryl methyl sites for hydroxylation is 1. The van der Waals surface area contributed by atoms with E-state index in [-0.39, 0.29) is 12.2 Å². The van der Waals surface area contributed by atoms with Gasteiger partial charge in [0.25, 0.3) is 0 Å². The third-order valence-corrected chi connectivity index (χ3v) is 6.06. The molecule has 0 aliphatic heterocycles. The number of phenols is 1. The van der Waals surface area contributed by atoms with E-state index in [1.54, 1.807) is 36.4 Å². The van der Waals surface area contributed by atoms with Gasteiger partial charge in [-0.2, -0.15) is 0 Å². The number of halogens is 2. The topological polar surface area (TPSA) is 88.2 Å². The van der Waals surface area contributed by atoms with Crippen LogP contribution in [-0.4, -0.2) is 31.2 Å². The summed E-state index contributed by atoms with van der Waals surface area (Å²) in [6, 6.07) is 16.2. The summed E-state index contributed by atoms with van der Waals surface area (Å²) in [5.41, 5.74) is 3.34. The van der Waals surface area contributed by atoms with Crippen LogP contribution in [0.5, 0.6) is 5.75 Å². The number of carboxylic acids is 1. The Hall–Kier alpha value is -3.09. The normalized spacial score (nSPS) is 11.8. The molecule has 3 aromatic carbocycles. The number of carbonyl (C=O) groups is 1. The van der Waals surface area contributed by atoms with E-state index >= 15 is 0 Å². The minimum Gasteiger partial charge on any atom is -0.505 e. The van der Waals surface area contributed by atoms with Gasteiger partial charge in [0.1, 0.15) is 22.5 Å². The predicted molar refractivity (Wildman–Crippen MR) is 125 cm³/mol. The molecule has 0 aliphatic carbocycles. The standard InChI is InChI=1S/C24H21Cl2N3O3/c1-24(2,15-4-6-16(25)7-5-15)18-11-14(3-10-22(30)31)12-21(23(18)32)29-27-19-9-8-17(26)13-20(19)28-29/h4-9,11-13,32H,3,10H2,1-2H3,(H,30,31). The van der Waals surface area contributed by atoms with Crippen molar-refractivity contribution in [2.45, 2.75) is 32.1 Å². The Morgan fingerprint density at radius 2 is 1.62 bits per heavy atom. The zero-order valence-corrected chi connectivity index (χ0v) is 19.0. The summed E-state index contributed by atoms with van der Waals surface area (Å²) in [7, 11) is 0. The van der Waals surface area contributed by atoms with Crippen molar-refractivity contribution >= 4 is 40.2 Å². The molecule has 0 saturated heterocycles. The number of benzene rings is 3. The van der Waals surface area contributed by atoms with Crippen LogP contribution in [0.25, 0.3) is 16.7 Å². The molecule has 164 valence electrons. The fourth-order valence-electron chi connectivity index (χ4n) is 3.72. The fraction of sp³-hybridized carbons (Fsp3) is 0.208. The third kappa shape index (κ3) is 4.29. The molecule has 0 fully saturated rings. The van der Waals surface area contributed by atoms with Crippen molar-refractivity contribution in [2.75, 3.05) is 0 Å². The third-order valence-electron chi connectivity index (χ3n) is 5.57. The highest BCUT2D eigenvalue weighted by atomic mass is 35.5. The Morgan fingerprint density at radius 1 is 0.969 bits per heavy atom. The Labute approximate surface area is 195 Å². The summed E-state index contributed by atoms with van der Waals surface area (Å²) >= 11 is 12.1. The van der Waals surface area contributed by atoms with E-state index in [2.05, 4.69) is 10.2 Å². The smallest absolute Gasteiger partial charge is 0.303 e. The van der Waals surface area contributed by atoms with Gasteiger partial charge in [0, 0.05) is 27.4 Å². The highest BCUT2D eigenvalue weighted by Gasteiger charge is 2.29. The number of hydrogen-bond donors (Lipinski definition) is 2. The number of aromatic hydroxyl groups is 1. The van der Waals surface area contributed by atoms with Crippen LogP contribution < -0.4 is 0 Å². The second-order valence-corrected chi connectivity index (χ2v) is 9.03. The van der Waals surface area contributed by atoms with Crippen molar-refractivity contribution in [3.8, 4) is 11.4 Å². The summed E-state index contributed by atoms with van der Waals surface area (Å²) in [4.78, 5) is 12.5. The summed E-state index contributed by atoms with van der Waals surface area (Å²) < 4.78 is 0. The van der Waals surface area contributed by atoms with Crippen LogP contribution in [0.3, 0.4) is 0 Å². The van der Waals surface area contributed by atoms with E-state index in [9.17, 15) is 9.90 Å². The number of fused-ring (bicyclic) bond motifs is 1. The quantitative estimate of drug-likeness (QED) is 0.373. The van der Waals surface area contributed by atoms with Gasteiger partial charge in [0.2, 0.25) is 0 Å². The van der Waals surface area contributed by atoms with Gasteiger partial charge in [-0.05, 0) is 53.9 Å². The maximum Gasteiger partial charge on any atom is 0.303 e. The van der Waals surface area contributed by atoms with E-state index in [0.717, 1.165) is 11.1 Å². The van der Waals surface area contributed by atoms with E-state index in [1.165, 1.54) is 4.80 Å². The van der Waals surface area contributed by atoms with Gasteiger partial charge in [0.15, 0.2) is 0 Å². The van der Waals surface area contributed by atoms with Crippen molar-refractivity contribution < 1.29 is 15.0 Å². The lowest BCUT2D eigenvalue weighted by atomic mass is 9.76. The van der Waals surface area contributed by atoms with Crippen molar-refractivity contribution in [3.05, 3.63) is 81.3 Å². The highest BCUT2D eigenvalue weighted by Crippen LogP contribution is 2.41. The lowest BCUT2D eigenvalue weighted by Crippen LogP contribution is -2.20. The predicted octanol–water partition coefficient (Wildman–Crippen LogP) is 5.78. The van der Waals surface area contributed by atoms with Crippen LogP contribution >= 0.6 is 23.2 Å². The van der Waals surface area contributed by atoms with E-state index < -0.39 is 11.4 Å². The number of aliphatic carboxylic acids is 1. The molecule has 0 amide bonds. The van der Waals surface area contributed by atoms with Gasteiger partial charge in [0.05, 0.1) is 0 Å². The van der Waals surface area contributed by atoms with Crippen LogP contribution in [-0.2, 0) is 16.6 Å². The van der Waals surface area contributed by atoms with Crippen molar-refractivity contribution in [1.29, 1.82) is 0 Å². The highest BCUT2D eigenvalue weighted by molar-refractivity contribution is 6.31. The van der Waals surface area contributed by atoms with Crippen LogP contribution in [0.1, 0.15) is 37.0 Å². The SMILES string of the molecule is CC(C)(c1ccc(Cl)cc1)c1cc(CCC(=O)O)cc(-n2nc3ccc(Cl)cc3n2)c1O. The van der Waals surface area contributed by atoms with Crippen LogP contribution in [0, 0.1) is 0 Å². The number of carboxylic acid groups (broad SMARTS) is 1. The van der Waals surface area contributed by atoms with Crippen LogP contribution in [0.2, 0.25) is 10.0 Å². The molecule has 0 aliphatic rings. The molecule has 0 spiro atoms. The maximum absolute atomic E-state index is 11.3. The average molecular weight is 470 g/mol. The minimum absolute atomic E-state index is 0.0235. The maximum atomic E-state index is 11.3. The number of nitrogens with zero attached hydrogens (tertiary/aromatic N) is 3. The van der Waals surface area contributed by atoms with Crippen molar-refractivity contribution in [3.63, 3.8) is 0 Å². The van der Waals surface area contributed by atoms with Gasteiger partial charge in [-0.25, -0.2) is 0 Å². The van der Waals surface area contributed by atoms with Gasteiger partial charge in [-0.15, -0.1) is 15.0 Å². The fourth-order valence-corrected chi connectivity index (χ4v) is 4.01. The van der Waals surface area contributed by atoms with E-state index in [4.69, 9.17) is 28.3 Å². The molecule has 4 aromatic rings. The van der Waals surface area contributed by atoms with Gasteiger partial charge in [-0.1, -0.05) is 55.2 Å². The number of rotatable bonds is 6. The Morgan fingerprint density at radius 3 is 2.31 bits per heavy atom. The van der Waals surface area contributed by atoms with Crippen molar-refractivity contribution in [2.24, 2.45) is 0 Å². The molecule has 1 heterocycles. The molecule has 0 radical (unpaired) electrons. The first-order valence-corrected chi connectivity index (χ1v) is 10.8. The minimum atomic E-state index is -0.893. The number of phenolic OH excluding ortho intramolecular Hbond substituents is 1. The lowest BCUT2D eigenvalue weighted by Gasteiger charge is -2.28. The summed E-state index contributed by atoms with van der Waals surface area (Å²) in [5, 5.41) is 30.6. The second kappa shape index (κ2) is 8.45. The van der Waals surface area contributed by atoms with Gasteiger partial charge >= 0.3 is 5.97 Å². The second-order valence-electron chi connectivity index (χ2n) is 8.16. The monoisotopic (exact) mass is 469 g/mol. The molecule has 0 unspecified atom stereocenters. The molecule has 1 aromatic heterocycles. The van der Waals surface area contributed by atoms with Crippen molar-refractivity contribution in [1.82, 2.24) is 15.0 Å². The zero-order chi connectivity index (χ0) is 23.0. The first-order valence-electron chi connectivity index (χ1n) is 10.0. The first kappa shape index (κ1) is 22.1. The number of aromatic nitrogens is 3. The van der Waals surface area contributed by atoms with Gasteiger partial charge in [-0.3, -0.25) is 4.79 Å². The number of hydrogen-bond acceptors (Lipinski definition) is 4. The molecule has 6 nitrogen and oxygen atoms in total. The van der Waals surface area contributed by atoms with Crippen LogP contribution in [0.15, 0.2) is 54.6 Å². The molecular weight excluding hydrogens is 449 g/mol. The average Bonchev–Trinajstić information content (AvgIpc) is 3.16. The van der Waals surface area contributed by atoms with E-state index in [1.807, 2.05) is 32.0 Å². The molecule has 8 heteroatoms. The lowest BCUT2D eigenvalue weighted by molar-refractivity contribution is -0.136. The van der Waals surface area contributed by atoms with Gasteiger partial charge < -0.3 is 10.2 Å². The summed E-state index contributed by atoms with van der Waals surface area (Å²) in [6.07, 6.45) is 0.272. The largest absolute Gasteiger partial charge is 0.505 e. The molecule has 32 heavy (non-hydrogen) atoms. The molecular formula is C24H21Cl2N3O3. The molecule has 0 saturated carbocycles. The van der Waals surface area contributed by atoms with Crippen LogP contribution in [0.4, 0.5) is 0 Å². The molecule has 0 atom stereocenters. The van der Waals surface area contributed by atoms with E-state index in [0.29, 0.717) is 38.8 Å². The Bertz CT molecular complexity index is 1310. The molecule has 0 bridgehead atoms. The Balaban J connectivity index is 1.89.